The van der Waals surface area contributed by atoms with E-state index in [9.17, 15) is 9.00 Å². The van der Waals surface area contributed by atoms with E-state index in [0.29, 0.717) is 5.69 Å². The van der Waals surface area contributed by atoms with Gasteiger partial charge in [0.2, 0.25) is 5.91 Å². The van der Waals surface area contributed by atoms with E-state index in [-0.39, 0.29) is 23.7 Å². The Hall–Kier alpha value is -3.32. The summed E-state index contributed by atoms with van der Waals surface area (Å²) in [7, 11) is -1.36. The standard InChI is InChI=1S/C24H22N2O4S/c25-16-6-10-18(11-7-16)29-21-3-1-2-19-20(21)12-13-22(19)30-17-8-4-15(5-9-17)23-14-24(27)26-31(23)28/h1-11,22-23H,12-14,25H2,(H,26,27)/t22-,23?,31?/m1/s1. The number of fused-ring (bicyclic) bond motifs is 1. The van der Waals surface area contributed by atoms with E-state index in [0.717, 1.165) is 46.8 Å². The molecule has 158 valence electrons. The summed E-state index contributed by atoms with van der Waals surface area (Å²) in [5.74, 6) is 2.15. The Morgan fingerprint density at radius 2 is 1.71 bits per heavy atom. The van der Waals surface area contributed by atoms with Gasteiger partial charge in [-0.25, -0.2) is 4.21 Å². The van der Waals surface area contributed by atoms with E-state index in [1.54, 1.807) is 0 Å². The predicted octanol–water partition coefficient (Wildman–Crippen LogP) is 4.35. The largest absolute Gasteiger partial charge is 0.486 e. The summed E-state index contributed by atoms with van der Waals surface area (Å²) in [6.07, 6.45) is 1.93. The quantitative estimate of drug-likeness (QED) is 0.583. The van der Waals surface area contributed by atoms with E-state index in [4.69, 9.17) is 15.2 Å². The van der Waals surface area contributed by atoms with Gasteiger partial charge in [0.1, 0.15) is 34.3 Å². The number of hydrogen-bond acceptors (Lipinski definition) is 5. The summed E-state index contributed by atoms with van der Waals surface area (Å²) in [5.41, 5.74) is 9.61. The smallest absolute Gasteiger partial charge is 0.233 e. The van der Waals surface area contributed by atoms with E-state index in [1.165, 1.54) is 0 Å². The average molecular weight is 435 g/mol. The van der Waals surface area contributed by atoms with Crippen LogP contribution in [0.1, 0.15) is 40.9 Å². The van der Waals surface area contributed by atoms with E-state index in [1.807, 2.05) is 60.7 Å². The third-order valence-electron chi connectivity index (χ3n) is 5.65. The summed E-state index contributed by atoms with van der Waals surface area (Å²) in [6, 6.07) is 20.9. The summed E-state index contributed by atoms with van der Waals surface area (Å²) >= 11 is 0. The maximum atomic E-state index is 12.0. The second kappa shape index (κ2) is 8.07. The maximum Gasteiger partial charge on any atom is 0.233 e. The van der Waals surface area contributed by atoms with Gasteiger partial charge in [-0.2, -0.15) is 0 Å². The fraction of sp³-hybridized carbons (Fsp3) is 0.208. The Morgan fingerprint density at radius 3 is 2.42 bits per heavy atom. The summed E-state index contributed by atoms with van der Waals surface area (Å²) < 4.78 is 26.8. The van der Waals surface area contributed by atoms with Crippen molar-refractivity contribution >= 4 is 22.6 Å². The molecule has 2 aliphatic rings. The summed E-state index contributed by atoms with van der Waals surface area (Å²) in [4.78, 5) is 11.5. The predicted molar refractivity (Wildman–Crippen MR) is 119 cm³/mol. The Labute approximate surface area is 183 Å². The fourth-order valence-corrected chi connectivity index (χ4v) is 5.26. The molecule has 7 heteroatoms. The highest BCUT2D eigenvalue weighted by Crippen LogP contribution is 2.41. The van der Waals surface area contributed by atoms with Crippen LogP contribution in [0.5, 0.6) is 17.2 Å². The molecule has 0 radical (unpaired) electrons. The van der Waals surface area contributed by atoms with E-state index in [2.05, 4.69) is 10.8 Å². The van der Waals surface area contributed by atoms with Crippen LogP contribution in [0.2, 0.25) is 0 Å². The monoisotopic (exact) mass is 434 g/mol. The van der Waals surface area contributed by atoms with Gasteiger partial charge in [-0.05, 0) is 66.4 Å². The molecule has 1 aliphatic carbocycles. The summed E-state index contributed by atoms with van der Waals surface area (Å²) in [5, 5.41) is -0.304. The van der Waals surface area contributed by atoms with Gasteiger partial charge in [0, 0.05) is 17.7 Å². The lowest BCUT2D eigenvalue weighted by Gasteiger charge is -2.17. The van der Waals surface area contributed by atoms with E-state index < -0.39 is 11.0 Å². The number of carbonyl (C=O) groups excluding carboxylic acids is 1. The topological polar surface area (TPSA) is 90.7 Å². The Kier molecular flexibility index (Phi) is 5.11. The Bertz CT molecular complexity index is 1150. The molecule has 0 bridgehead atoms. The number of benzene rings is 3. The average Bonchev–Trinajstić information content (AvgIpc) is 3.33. The highest BCUT2D eigenvalue weighted by molar-refractivity contribution is 7.84. The third-order valence-corrected chi connectivity index (χ3v) is 7.04. The minimum Gasteiger partial charge on any atom is -0.486 e. The number of nitrogens with one attached hydrogen (secondary N) is 1. The first-order chi connectivity index (χ1) is 15.1. The van der Waals surface area contributed by atoms with Crippen molar-refractivity contribution in [3.05, 3.63) is 83.4 Å². The Morgan fingerprint density at radius 1 is 0.968 bits per heavy atom. The molecule has 2 unspecified atom stereocenters. The van der Waals surface area contributed by atoms with Crippen LogP contribution in [-0.2, 0) is 22.2 Å². The number of nitrogens with two attached hydrogens (primary N) is 1. The first-order valence-electron chi connectivity index (χ1n) is 10.2. The van der Waals surface area contributed by atoms with Crippen LogP contribution < -0.4 is 19.9 Å². The van der Waals surface area contributed by atoms with Crippen LogP contribution in [-0.4, -0.2) is 10.1 Å². The molecule has 3 atom stereocenters. The molecule has 1 saturated heterocycles. The SMILES string of the molecule is Nc1ccc(Oc2cccc3c2CC[C@H]3Oc2ccc(C3CC(=O)NS3=O)cc2)cc1. The second-order valence-electron chi connectivity index (χ2n) is 7.72. The molecule has 3 aromatic carbocycles. The van der Waals surface area contributed by atoms with Gasteiger partial charge in [-0.15, -0.1) is 0 Å². The molecule has 0 saturated carbocycles. The summed E-state index contributed by atoms with van der Waals surface area (Å²) in [6.45, 7) is 0. The van der Waals surface area contributed by atoms with Gasteiger partial charge < -0.3 is 15.2 Å². The van der Waals surface area contributed by atoms with E-state index >= 15 is 0 Å². The lowest BCUT2D eigenvalue weighted by molar-refractivity contribution is -0.118. The molecule has 3 aromatic rings. The first kappa shape index (κ1) is 19.6. The van der Waals surface area contributed by atoms with Crippen LogP contribution in [0.15, 0.2) is 66.7 Å². The normalized spacial score (nSPS) is 22.1. The fourth-order valence-electron chi connectivity index (χ4n) is 4.10. The van der Waals surface area contributed by atoms with Gasteiger partial charge in [-0.1, -0.05) is 24.3 Å². The van der Waals surface area contributed by atoms with Gasteiger partial charge in [0.15, 0.2) is 0 Å². The number of ether oxygens (including phenoxy) is 2. The number of carbonyl (C=O) groups is 1. The number of hydrogen-bond donors (Lipinski definition) is 2. The minimum absolute atomic E-state index is 0.0559. The van der Waals surface area contributed by atoms with Gasteiger partial charge in [0.05, 0.1) is 5.25 Å². The molecule has 6 nitrogen and oxygen atoms in total. The number of anilines is 1. The van der Waals surface area contributed by atoms with Crippen molar-refractivity contribution < 1.29 is 18.5 Å². The molecular weight excluding hydrogens is 412 g/mol. The molecule has 3 N–H and O–H groups in total. The van der Waals surface area contributed by atoms with Crippen molar-refractivity contribution in [3.8, 4) is 17.2 Å². The van der Waals surface area contributed by atoms with Crippen molar-refractivity contribution in [1.82, 2.24) is 4.72 Å². The van der Waals surface area contributed by atoms with Crippen molar-refractivity contribution in [3.63, 3.8) is 0 Å². The lowest BCUT2D eigenvalue weighted by atomic mass is 10.1. The van der Waals surface area contributed by atoms with Crippen LogP contribution >= 0.6 is 0 Å². The molecular formula is C24H22N2O4S. The van der Waals surface area contributed by atoms with Crippen LogP contribution in [0.4, 0.5) is 5.69 Å². The highest BCUT2D eigenvalue weighted by atomic mass is 32.2. The molecule has 1 heterocycles. The van der Waals surface area contributed by atoms with Crippen molar-refractivity contribution in [2.75, 3.05) is 5.73 Å². The van der Waals surface area contributed by atoms with Gasteiger partial charge >= 0.3 is 0 Å². The van der Waals surface area contributed by atoms with Gasteiger partial charge in [-0.3, -0.25) is 9.52 Å². The number of rotatable bonds is 5. The molecule has 31 heavy (non-hydrogen) atoms. The van der Waals surface area contributed by atoms with Crippen LogP contribution in [0, 0.1) is 0 Å². The zero-order valence-corrected chi connectivity index (χ0v) is 17.6. The molecule has 5 rings (SSSR count). The van der Waals surface area contributed by atoms with Gasteiger partial charge in [0.25, 0.3) is 0 Å². The minimum atomic E-state index is -1.36. The number of nitrogen functional groups attached to an aromatic ring is 1. The first-order valence-corrected chi connectivity index (χ1v) is 11.4. The lowest BCUT2D eigenvalue weighted by Crippen LogP contribution is -2.15. The molecule has 0 aromatic heterocycles. The van der Waals surface area contributed by atoms with Crippen molar-refractivity contribution in [1.29, 1.82) is 0 Å². The van der Waals surface area contributed by atoms with Crippen LogP contribution in [0.25, 0.3) is 0 Å². The maximum absolute atomic E-state index is 12.0. The molecule has 1 aliphatic heterocycles. The zero-order valence-electron chi connectivity index (χ0n) is 16.7. The number of amides is 1. The zero-order chi connectivity index (χ0) is 21.4. The van der Waals surface area contributed by atoms with Crippen molar-refractivity contribution in [2.45, 2.75) is 30.6 Å². The Balaban J connectivity index is 1.31. The second-order valence-corrected chi connectivity index (χ2v) is 9.09. The highest BCUT2D eigenvalue weighted by Gasteiger charge is 2.31. The molecule has 1 fully saturated rings. The molecule has 1 amide bonds. The van der Waals surface area contributed by atoms with Crippen molar-refractivity contribution in [2.24, 2.45) is 0 Å². The third kappa shape index (κ3) is 4.01. The van der Waals surface area contributed by atoms with Crippen LogP contribution in [0.3, 0.4) is 0 Å². The molecule has 0 spiro atoms.